The Hall–Kier alpha value is -3.16. The zero-order valence-electron chi connectivity index (χ0n) is 19.9. The highest BCUT2D eigenvalue weighted by atomic mass is 19.1. The fraction of sp³-hybridized carbons (Fsp3) is 0.370. The van der Waals surface area contributed by atoms with Crippen LogP contribution in [-0.4, -0.2) is 60.4 Å². The standard InChI is InChI=1S/C27H32FN3O3/c1-3-29-13-15-31(16-14-29)27(32)26-12-11-25(34-26)20-30(19-22-5-4-6-23(28)17-22)18-21-7-9-24(33-2)10-8-21/h4-12,17H,3,13-16,18-20H2,1-2H3. The van der Waals surface area contributed by atoms with E-state index in [4.69, 9.17) is 9.15 Å². The second kappa shape index (κ2) is 11.3. The quantitative estimate of drug-likeness (QED) is 0.469. The summed E-state index contributed by atoms with van der Waals surface area (Å²) in [6, 6.07) is 18.1. The van der Waals surface area contributed by atoms with E-state index in [0.717, 1.165) is 36.5 Å². The molecule has 180 valence electrons. The van der Waals surface area contributed by atoms with E-state index in [9.17, 15) is 9.18 Å². The SMILES string of the molecule is CCN1CCN(C(=O)c2ccc(CN(Cc3ccc(OC)cc3)Cc3cccc(F)c3)o2)CC1. The number of hydrogen-bond donors (Lipinski definition) is 0. The molecule has 4 rings (SSSR count). The minimum atomic E-state index is -0.254. The van der Waals surface area contributed by atoms with E-state index in [2.05, 4.69) is 16.7 Å². The Morgan fingerprint density at radius 3 is 2.38 bits per heavy atom. The summed E-state index contributed by atoms with van der Waals surface area (Å²) < 4.78 is 25.0. The molecular weight excluding hydrogens is 433 g/mol. The van der Waals surface area contributed by atoms with Crippen molar-refractivity contribution in [3.05, 3.63) is 89.1 Å². The van der Waals surface area contributed by atoms with Crippen molar-refractivity contribution < 1.29 is 18.3 Å². The fourth-order valence-electron chi connectivity index (χ4n) is 4.27. The summed E-state index contributed by atoms with van der Waals surface area (Å²) in [4.78, 5) is 19.3. The topological polar surface area (TPSA) is 49.2 Å². The van der Waals surface area contributed by atoms with Crippen LogP contribution in [0, 0.1) is 5.82 Å². The van der Waals surface area contributed by atoms with Gasteiger partial charge in [0, 0.05) is 39.3 Å². The van der Waals surface area contributed by atoms with Crippen molar-refractivity contribution in [2.45, 2.75) is 26.6 Å². The molecule has 1 aromatic heterocycles. The molecule has 34 heavy (non-hydrogen) atoms. The molecule has 1 saturated heterocycles. The molecule has 1 aliphatic rings. The van der Waals surface area contributed by atoms with Gasteiger partial charge >= 0.3 is 0 Å². The van der Waals surface area contributed by atoms with Gasteiger partial charge in [-0.25, -0.2) is 4.39 Å². The first-order chi connectivity index (χ1) is 16.5. The van der Waals surface area contributed by atoms with Crippen LogP contribution in [-0.2, 0) is 19.6 Å². The van der Waals surface area contributed by atoms with Gasteiger partial charge in [-0.3, -0.25) is 9.69 Å². The first kappa shape index (κ1) is 24.0. The van der Waals surface area contributed by atoms with Gasteiger partial charge in [0.05, 0.1) is 13.7 Å². The van der Waals surface area contributed by atoms with E-state index < -0.39 is 0 Å². The maximum Gasteiger partial charge on any atom is 0.289 e. The van der Waals surface area contributed by atoms with E-state index in [1.165, 1.54) is 6.07 Å². The zero-order valence-corrected chi connectivity index (χ0v) is 19.9. The number of carbonyl (C=O) groups excluding carboxylic acids is 1. The highest BCUT2D eigenvalue weighted by Gasteiger charge is 2.24. The smallest absolute Gasteiger partial charge is 0.289 e. The van der Waals surface area contributed by atoms with Crippen molar-refractivity contribution in [3.63, 3.8) is 0 Å². The molecule has 2 aromatic carbocycles. The van der Waals surface area contributed by atoms with Crippen LogP contribution in [0.2, 0.25) is 0 Å². The van der Waals surface area contributed by atoms with Gasteiger partial charge in [0.2, 0.25) is 0 Å². The number of hydrogen-bond acceptors (Lipinski definition) is 5. The summed E-state index contributed by atoms with van der Waals surface area (Å²) >= 11 is 0. The molecule has 1 amide bonds. The maximum atomic E-state index is 13.8. The van der Waals surface area contributed by atoms with Crippen LogP contribution in [0.15, 0.2) is 65.1 Å². The van der Waals surface area contributed by atoms with Crippen molar-refractivity contribution in [1.29, 1.82) is 0 Å². The second-order valence-electron chi connectivity index (χ2n) is 8.62. The zero-order chi connectivity index (χ0) is 23.9. The Bertz CT molecular complexity index is 1070. The number of halogens is 1. The van der Waals surface area contributed by atoms with E-state index in [-0.39, 0.29) is 11.7 Å². The van der Waals surface area contributed by atoms with Gasteiger partial charge in [-0.15, -0.1) is 0 Å². The molecule has 1 fully saturated rings. The molecular formula is C27H32FN3O3. The third-order valence-corrected chi connectivity index (χ3v) is 6.22. The Labute approximate surface area is 200 Å². The Morgan fingerprint density at radius 2 is 1.71 bits per heavy atom. The molecule has 7 heteroatoms. The predicted octanol–water partition coefficient (Wildman–Crippen LogP) is 4.41. The summed E-state index contributed by atoms with van der Waals surface area (Å²) in [6.07, 6.45) is 0. The van der Waals surface area contributed by atoms with Crippen molar-refractivity contribution in [1.82, 2.24) is 14.7 Å². The van der Waals surface area contributed by atoms with E-state index in [0.29, 0.717) is 44.2 Å². The number of rotatable bonds is 9. The first-order valence-corrected chi connectivity index (χ1v) is 11.7. The van der Waals surface area contributed by atoms with Crippen molar-refractivity contribution in [2.24, 2.45) is 0 Å². The molecule has 0 radical (unpaired) electrons. The normalized spacial score (nSPS) is 14.5. The van der Waals surface area contributed by atoms with Gasteiger partial charge in [0.15, 0.2) is 5.76 Å². The average Bonchev–Trinajstić information content (AvgIpc) is 3.32. The van der Waals surface area contributed by atoms with Gasteiger partial charge in [-0.05, 0) is 54.1 Å². The van der Waals surface area contributed by atoms with Crippen LogP contribution in [0.3, 0.4) is 0 Å². The number of methoxy groups -OCH3 is 1. The van der Waals surface area contributed by atoms with E-state index in [1.54, 1.807) is 25.3 Å². The van der Waals surface area contributed by atoms with Gasteiger partial charge < -0.3 is 19.0 Å². The minimum absolute atomic E-state index is 0.0613. The van der Waals surface area contributed by atoms with Crippen LogP contribution in [0.4, 0.5) is 4.39 Å². The van der Waals surface area contributed by atoms with Crippen LogP contribution in [0.1, 0.15) is 34.4 Å². The highest BCUT2D eigenvalue weighted by molar-refractivity contribution is 5.91. The molecule has 0 unspecified atom stereocenters. The number of amides is 1. The second-order valence-corrected chi connectivity index (χ2v) is 8.62. The van der Waals surface area contributed by atoms with Gasteiger partial charge in [0.25, 0.3) is 5.91 Å². The lowest BCUT2D eigenvalue weighted by atomic mass is 10.1. The number of carbonyl (C=O) groups is 1. The van der Waals surface area contributed by atoms with Crippen LogP contribution < -0.4 is 4.74 Å². The molecule has 3 aromatic rings. The fourth-order valence-corrected chi connectivity index (χ4v) is 4.27. The highest BCUT2D eigenvalue weighted by Crippen LogP contribution is 2.20. The molecule has 1 aliphatic heterocycles. The van der Waals surface area contributed by atoms with Gasteiger partial charge in [-0.2, -0.15) is 0 Å². The van der Waals surface area contributed by atoms with Crippen molar-refractivity contribution >= 4 is 5.91 Å². The molecule has 6 nitrogen and oxygen atoms in total. The summed E-state index contributed by atoms with van der Waals surface area (Å²) in [7, 11) is 1.64. The van der Waals surface area contributed by atoms with Crippen LogP contribution in [0.5, 0.6) is 5.75 Å². The molecule has 0 aliphatic carbocycles. The van der Waals surface area contributed by atoms with E-state index in [1.807, 2.05) is 41.3 Å². The number of likely N-dealkylation sites (N-methyl/N-ethyl adjacent to an activating group) is 1. The Kier molecular flexibility index (Phi) is 7.98. The largest absolute Gasteiger partial charge is 0.497 e. The van der Waals surface area contributed by atoms with E-state index >= 15 is 0 Å². The third kappa shape index (κ3) is 6.24. The van der Waals surface area contributed by atoms with Crippen LogP contribution >= 0.6 is 0 Å². The number of benzene rings is 2. The first-order valence-electron chi connectivity index (χ1n) is 11.7. The molecule has 0 N–H and O–H groups in total. The van der Waals surface area contributed by atoms with Gasteiger partial charge in [0.1, 0.15) is 17.3 Å². The summed E-state index contributed by atoms with van der Waals surface area (Å²) in [5, 5.41) is 0. The predicted molar refractivity (Wildman–Crippen MR) is 129 cm³/mol. The molecule has 2 heterocycles. The lowest BCUT2D eigenvalue weighted by Crippen LogP contribution is -2.48. The summed E-state index contributed by atoms with van der Waals surface area (Å²) in [5.41, 5.74) is 1.99. The summed E-state index contributed by atoms with van der Waals surface area (Å²) in [5.74, 6) is 1.56. The molecule has 0 atom stereocenters. The Balaban J connectivity index is 1.46. The number of furan rings is 1. The number of nitrogens with zero attached hydrogens (tertiary/aromatic N) is 3. The Morgan fingerprint density at radius 1 is 0.971 bits per heavy atom. The molecule has 0 saturated carbocycles. The third-order valence-electron chi connectivity index (χ3n) is 6.22. The number of ether oxygens (including phenoxy) is 1. The van der Waals surface area contributed by atoms with Crippen molar-refractivity contribution in [3.8, 4) is 5.75 Å². The number of piperazine rings is 1. The molecule has 0 spiro atoms. The lowest BCUT2D eigenvalue weighted by molar-refractivity contribution is 0.0608. The minimum Gasteiger partial charge on any atom is -0.497 e. The monoisotopic (exact) mass is 465 g/mol. The maximum absolute atomic E-state index is 13.8. The molecule has 0 bridgehead atoms. The average molecular weight is 466 g/mol. The van der Waals surface area contributed by atoms with Crippen LogP contribution in [0.25, 0.3) is 0 Å². The van der Waals surface area contributed by atoms with Crippen molar-refractivity contribution in [2.75, 3.05) is 39.8 Å². The lowest BCUT2D eigenvalue weighted by Gasteiger charge is -2.33. The van der Waals surface area contributed by atoms with Gasteiger partial charge in [-0.1, -0.05) is 31.2 Å². The summed E-state index contributed by atoms with van der Waals surface area (Å²) in [6.45, 7) is 8.03.